The quantitative estimate of drug-likeness (QED) is 0.785. The predicted octanol–water partition coefficient (Wildman–Crippen LogP) is 2.64. The number of hydrogen-bond acceptors (Lipinski definition) is 4. The van der Waals surface area contributed by atoms with E-state index in [9.17, 15) is 4.79 Å². The highest BCUT2D eigenvalue weighted by Crippen LogP contribution is 2.26. The summed E-state index contributed by atoms with van der Waals surface area (Å²) in [6.07, 6.45) is 3.13. The molecule has 0 fully saturated rings. The Hall–Kier alpha value is -2.76. The molecule has 0 spiro atoms. The normalized spacial score (nSPS) is 12.2. The zero-order chi connectivity index (χ0) is 18.4. The van der Waals surface area contributed by atoms with Crippen LogP contribution >= 0.6 is 0 Å². The molecule has 1 aromatic heterocycles. The van der Waals surface area contributed by atoms with Gasteiger partial charge in [-0.25, -0.2) is 0 Å². The lowest BCUT2D eigenvalue weighted by Gasteiger charge is -2.16. The molecule has 1 aromatic carbocycles. The van der Waals surface area contributed by atoms with Crippen molar-refractivity contribution < 1.29 is 14.3 Å². The molecule has 0 aliphatic carbocycles. The van der Waals surface area contributed by atoms with E-state index in [0.29, 0.717) is 18.0 Å². The first-order chi connectivity index (χ1) is 11.9. The van der Waals surface area contributed by atoms with Gasteiger partial charge in [0.1, 0.15) is 6.10 Å². The number of para-hydroxylation sites is 2. The third-order valence-electron chi connectivity index (χ3n) is 3.93. The molecular formula is C19H25N3O3. The molecule has 1 atom stereocenters. The lowest BCUT2D eigenvalue weighted by Crippen LogP contribution is -2.32. The van der Waals surface area contributed by atoms with Crippen LogP contribution in [0.25, 0.3) is 6.08 Å². The third-order valence-corrected chi connectivity index (χ3v) is 3.93. The van der Waals surface area contributed by atoms with Gasteiger partial charge < -0.3 is 14.8 Å². The molecule has 2 aromatic rings. The summed E-state index contributed by atoms with van der Waals surface area (Å²) in [5.41, 5.74) is 2.89. The number of benzene rings is 1. The molecule has 0 aliphatic rings. The average molecular weight is 343 g/mol. The molecule has 1 heterocycles. The van der Waals surface area contributed by atoms with Gasteiger partial charge in [0.15, 0.2) is 11.5 Å². The smallest absolute Gasteiger partial charge is 0.244 e. The van der Waals surface area contributed by atoms with E-state index in [-0.39, 0.29) is 12.0 Å². The molecular weight excluding hydrogens is 318 g/mol. The molecule has 6 heteroatoms. The minimum atomic E-state index is -0.185. The van der Waals surface area contributed by atoms with Crippen LogP contribution in [0, 0.1) is 13.8 Å². The van der Waals surface area contributed by atoms with Gasteiger partial charge in [-0.05, 0) is 39.0 Å². The zero-order valence-electron chi connectivity index (χ0n) is 15.4. The van der Waals surface area contributed by atoms with Crippen molar-refractivity contribution in [2.75, 3.05) is 13.7 Å². The fraction of sp³-hybridized carbons (Fsp3) is 0.368. The molecule has 6 nitrogen and oxygen atoms in total. The third kappa shape index (κ3) is 4.86. The molecule has 2 rings (SSSR count). The van der Waals surface area contributed by atoms with Crippen LogP contribution in [0.15, 0.2) is 30.3 Å². The van der Waals surface area contributed by atoms with Crippen molar-refractivity contribution >= 4 is 12.0 Å². The van der Waals surface area contributed by atoms with Crippen molar-refractivity contribution in [3.8, 4) is 11.5 Å². The lowest BCUT2D eigenvalue weighted by atomic mass is 10.2. The highest BCUT2D eigenvalue weighted by atomic mass is 16.5. The first-order valence-electron chi connectivity index (χ1n) is 8.18. The summed E-state index contributed by atoms with van der Waals surface area (Å²) in [7, 11) is 3.48. The number of carbonyl (C=O) groups is 1. The summed E-state index contributed by atoms with van der Waals surface area (Å²) in [4.78, 5) is 12.0. The first kappa shape index (κ1) is 18.6. The highest BCUT2D eigenvalue weighted by Gasteiger charge is 2.10. The molecule has 0 radical (unpaired) electrons. The van der Waals surface area contributed by atoms with Crippen LogP contribution in [0.2, 0.25) is 0 Å². The number of ether oxygens (including phenoxy) is 2. The second-order valence-corrected chi connectivity index (χ2v) is 5.87. The monoisotopic (exact) mass is 343 g/mol. The number of aryl methyl sites for hydroxylation is 2. The summed E-state index contributed by atoms with van der Waals surface area (Å²) < 4.78 is 12.9. The Morgan fingerprint density at radius 1 is 1.32 bits per heavy atom. The van der Waals surface area contributed by atoms with Crippen molar-refractivity contribution in [2.24, 2.45) is 7.05 Å². The van der Waals surface area contributed by atoms with E-state index in [0.717, 1.165) is 17.0 Å². The molecule has 25 heavy (non-hydrogen) atoms. The van der Waals surface area contributed by atoms with Crippen LogP contribution < -0.4 is 14.8 Å². The van der Waals surface area contributed by atoms with Crippen LogP contribution in [0.1, 0.15) is 23.9 Å². The Morgan fingerprint density at radius 3 is 2.60 bits per heavy atom. The van der Waals surface area contributed by atoms with Gasteiger partial charge in [0.2, 0.25) is 5.91 Å². The maximum atomic E-state index is 12.0. The van der Waals surface area contributed by atoms with Crippen LogP contribution in [-0.4, -0.2) is 35.4 Å². The molecule has 0 unspecified atom stereocenters. The topological polar surface area (TPSA) is 65.4 Å². The van der Waals surface area contributed by atoms with E-state index in [4.69, 9.17) is 9.47 Å². The number of rotatable bonds is 7. The number of hydrogen-bond donors (Lipinski definition) is 1. The van der Waals surface area contributed by atoms with Gasteiger partial charge in [0.05, 0.1) is 19.3 Å². The van der Waals surface area contributed by atoms with E-state index in [1.165, 1.54) is 6.08 Å². The van der Waals surface area contributed by atoms with Gasteiger partial charge in [-0.1, -0.05) is 12.1 Å². The molecule has 134 valence electrons. The number of nitrogens with one attached hydrogen (secondary N) is 1. The summed E-state index contributed by atoms with van der Waals surface area (Å²) in [6.45, 7) is 6.19. The molecule has 0 aliphatic heterocycles. The molecule has 0 saturated heterocycles. The number of amides is 1. The van der Waals surface area contributed by atoms with Crippen molar-refractivity contribution in [3.05, 3.63) is 47.3 Å². The lowest BCUT2D eigenvalue weighted by molar-refractivity contribution is -0.116. The van der Waals surface area contributed by atoms with Crippen LogP contribution in [0.3, 0.4) is 0 Å². The average Bonchev–Trinajstić information content (AvgIpc) is 2.84. The summed E-state index contributed by atoms with van der Waals surface area (Å²) in [5, 5.41) is 7.17. The Bertz CT molecular complexity index is 765. The Morgan fingerprint density at radius 2 is 2.00 bits per heavy atom. The molecule has 1 N–H and O–H groups in total. The minimum Gasteiger partial charge on any atom is -0.493 e. The van der Waals surface area contributed by atoms with E-state index in [2.05, 4.69) is 10.4 Å². The van der Waals surface area contributed by atoms with Gasteiger partial charge in [0, 0.05) is 24.4 Å². The van der Waals surface area contributed by atoms with Gasteiger partial charge in [0.25, 0.3) is 0 Å². The van der Waals surface area contributed by atoms with Gasteiger partial charge in [-0.3, -0.25) is 9.48 Å². The molecule has 0 bridgehead atoms. The maximum absolute atomic E-state index is 12.0. The standard InChI is InChI=1S/C19H25N3O3/c1-13(25-18-9-7-6-8-17(18)24-5)12-20-19(23)11-10-16-14(2)21-22(4)15(16)3/h6-11,13H,12H2,1-5H3,(H,20,23)/b11-10+/t13-/m0/s1. The highest BCUT2D eigenvalue weighted by molar-refractivity contribution is 5.92. The second kappa shape index (κ2) is 8.37. The van der Waals surface area contributed by atoms with E-state index >= 15 is 0 Å². The fourth-order valence-corrected chi connectivity index (χ4v) is 2.47. The maximum Gasteiger partial charge on any atom is 0.244 e. The zero-order valence-corrected chi connectivity index (χ0v) is 15.4. The predicted molar refractivity (Wildman–Crippen MR) is 97.8 cm³/mol. The van der Waals surface area contributed by atoms with Crippen molar-refractivity contribution in [3.63, 3.8) is 0 Å². The van der Waals surface area contributed by atoms with Crippen molar-refractivity contribution in [1.29, 1.82) is 0 Å². The Balaban J connectivity index is 1.88. The Kier molecular flexibility index (Phi) is 6.22. The summed E-state index contributed by atoms with van der Waals surface area (Å²) in [6, 6.07) is 7.43. The van der Waals surface area contributed by atoms with Crippen molar-refractivity contribution in [2.45, 2.75) is 26.9 Å². The number of carbonyl (C=O) groups excluding carboxylic acids is 1. The molecule has 1 amide bonds. The molecule has 0 saturated carbocycles. The van der Waals surface area contributed by atoms with Crippen LogP contribution in [0.4, 0.5) is 0 Å². The Labute approximate surface area is 148 Å². The largest absolute Gasteiger partial charge is 0.493 e. The SMILES string of the molecule is COc1ccccc1O[C@@H](C)CNC(=O)/C=C/c1c(C)nn(C)c1C. The first-order valence-corrected chi connectivity index (χ1v) is 8.18. The number of methoxy groups -OCH3 is 1. The van der Waals surface area contributed by atoms with Gasteiger partial charge >= 0.3 is 0 Å². The van der Waals surface area contributed by atoms with E-state index in [1.807, 2.05) is 52.1 Å². The fourth-order valence-electron chi connectivity index (χ4n) is 2.47. The van der Waals surface area contributed by atoms with E-state index < -0.39 is 0 Å². The van der Waals surface area contributed by atoms with Gasteiger partial charge in [-0.2, -0.15) is 5.10 Å². The van der Waals surface area contributed by atoms with Crippen LogP contribution in [0.5, 0.6) is 11.5 Å². The van der Waals surface area contributed by atoms with Gasteiger partial charge in [-0.15, -0.1) is 0 Å². The second-order valence-electron chi connectivity index (χ2n) is 5.87. The van der Waals surface area contributed by atoms with E-state index in [1.54, 1.807) is 17.9 Å². The van der Waals surface area contributed by atoms with Crippen molar-refractivity contribution in [1.82, 2.24) is 15.1 Å². The number of aromatic nitrogens is 2. The van der Waals surface area contributed by atoms with Crippen LogP contribution in [-0.2, 0) is 11.8 Å². The summed E-state index contributed by atoms with van der Waals surface area (Å²) in [5.74, 6) is 1.16. The summed E-state index contributed by atoms with van der Waals surface area (Å²) >= 11 is 0. The minimum absolute atomic E-state index is 0.168. The number of nitrogens with zero attached hydrogens (tertiary/aromatic N) is 2.